The number of nitrogens with zero attached hydrogens (tertiary/aromatic N) is 3. The molecule has 3 N–H and O–H groups in total. The standard InChI is InChI=1S/C7H12N4O2/c1-2-3-5(6(12)13)11-4-9-7(8)10-11/h4-5H,2-3H2,1H3,(H2,8,10)(H,12,13). The maximum Gasteiger partial charge on any atom is 0.328 e. The molecule has 1 unspecified atom stereocenters. The number of rotatable bonds is 4. The van der Waals surface area contributed by atoms with Gasteiger partial charge in [0.25, 0.3) is 0 Å². The maximum atomic E-state index is 10.8. The van der Waals surface area contributed by atoms with Gasteiger partial charge in [-0.3, -0.25) is 0 Å². The highest BCUT2D eigenvalue weighted by molar-refractivity contribution is 5.71. The van der Waals surface area contributed by atoms with E-state index in [1.807, 2.05) is 6.92 Å². The highest BCUT2D eigenvalue weighted by Gasteiger charge is 2.19. The third-order valence-corrected chi connectivity index (χ3v) is 1.69. The van der Waals surface area contributed by atoms with Gasteiger partial charge in [-0.1, -0.05) is 13.3 Å². The number of hydrogen-bond acceptors (Lipinski definition) is 4. The fourth-order valence-corrected chi connectivity index (χ4v) is 1.08. The summed E-state index contributed by atoms with van der Waals surface area (Å²) in [6.45, 7) is 1.91. The Balaban J connectivity index is 2.81. The summed E-state index contributed by atoms with van der Waals surface area (Å²) in [5.74, 6) is -0.811. The van der Waals surface area contributed by atoms with Gasteiger partial charge in [0, 0.05) is 0 Å². The van der Waals surface area contributed by atoms with Crippen molar-refractivity contribution in [3.05, 3.63) is 6.33 Å². The molecule has 6 nitrogen and oxygen atoms in total. The molecule has 1 rings (SSSR count). The Morgan fingerprint density at radius 2 is 2.54 bits per heavy atom. The molecule has 0 aromatic carbocycles. The Bertz CT molecular complexity index is 296. The Labute approximate surface area is 75.4 Å². The molecule has 0 aliphatic carbocycles. The minimum Gasteiger partial charge on any atom is -0.480 e. The molecule has 0 aliphatic rings. The van der Waals surface area contributed by atoms with E-state index >= 15 is 0 Å². The zero-order valence-electron chi connectivity index (χ0n) is 7.34. The van der Waals surface area contributed by atoms with Crippen molar-refractivity contribution in [2.75, 3.05) is 5.73 Å². The smallest absolute Gasteiger partial charge is 0.328 e. The number of anilines is 1. The van der Waals surface area contributed by atoms with Crippen LogP contribution in [0, 0.1) is 0 Å². The molecule has 1 aromatic rings. The monoisotopic (exact) mass is 184 g/mol. The van der Waals surface area contributed by atoms with E-state index in [0.717, 1.165) is 6.42 Å². The fraction of sp³-hybridized carbons (Fsp3) is 0.571. The molecule has 0 radical (unpaired) electrons. The average molecular weight is 184 g/mol. The van der Waals surface area contributed by atoms with Crippen LogP contribution in [0.2, 0.25) is 0 Å². The van der Waals surface area contributed by atoms with Crippen molar-refractivity contribution in [1.82, 2.24) is 14.8 Å². The lowest BCUT2D eigenvalue weighted by Gasteiger charge is -2.09. The number of carboxylic acids is 1. The first-order valence-corrected chi connectivity index (χ1v) is 4.04. The van der Waals surface area contributed by atoms with E-state index in [0.29, 0.717) is 6.42 Å². The number of carbonyl (C=O) groups is 1. The molecule has 1 atom stereocenters. The number of nitrogens with two attached hydrogens (primary N) is 1. The lowest BCUT2D eigenvalue weighted by molar-refractivity contribution is -0.141. The lowest BCUT2D eigenvalue weighted by atomic mass is 10.2. The summed E-state index contributed by atoms with van der Waals surface area (Å²) in [6, 6.07) is -0.658. The van der Waals surface area contributed by atoms with E-state index in [4.69, 9.17) is 10.8 Å². The zero-order valence-corrected chi connectivity index (χ0v) is 7.34. The second kappa shape index (κ2) is 3.88. The summed E-state index contributed by atoms with van der Waals surface area (Å²) in [7, 11) is 0. The van der Waals surface area contributed by atoms with Crippen LogP contribution in [0.4, 0.5) is 5.95 Å². The van der Waals surface area contributed by atoms with Crippen molar-refractivity contribution in [3.8, 4) is 0 Å². The molecule has 0 amide bonds. The summed E-state index contributed by atoms with van der Waals surface area (Å²) >= 11 is 0. The number of nitrogen functional groups attached to an aromatic ring is 1. The molecule has 0 spiro atoms. The molecule has 0 bridgehead atoms. The first-order valence-electron chi connectivity index (χ1n) is 4.04. The molecule has 13 heavy (non-hydrogen) atoms. The molecule has 72 valence electrons. The molecular formula is C7H12N4O2. The van der Waals surface area contributed by atoms with Gasteiger partial charge in [-0.2, -0.15) is 0 Å². The summed E-state index contributed by atoms with van der Waals surface area (Å²) in [6.07, 6.45) is 2.64. The number of aromatic nitrogens is 3. The van der Waals surface area contributed by atoms with Gasteiger partial charge >= 0.3 is 5.97 Å². The van der Waals surface area contributed by atoms with Crippen LogP contribution in [0.1, 0.15) is 25.8 Å². The Kier molecular flexibility index (Phi) is 2.84. The van der Waals surface area contributed by atoms with Crippen molar-refractivity contribution < 1.29 is 9.90 Å². The zero-order chi connectivity index (χ0) is 9.84. The van der Waals surface area contributed by atoms with Crippen LogP contribution in [-0.4, -0.2) is 25.8 Å². The van der Waals surface area contributed by atoms with E-state index in [1.165, 1.54) is 11.0 Å². The van der Waals surface area contributed by atoms with Gasteiger partial charge in [-0.25, -0.2) is 14.5 Å². The Hall–Kier alpha value is -1.59. The maximum absolute atomic E-state index is 10.8. The molecule has 0 fully saturated rings. The summed E-state index contributed by atoms with van der Waals surface area (Å²) < 4.78 is 1.28. The van der Waals surface area contributed by atoms with Gasteiger partial charge in [0.05, 0.1) is 0 Å². The molecule has 1 heterocycles. The van der Waals surface area contributed by atoms with E-state index in [9.17, 15) is 4.79 Å². The van der Waals surface area contributed by atoms with E-state index < -0.39 is 12.0 Å². The van der Waals surface area contributed by atoms with Crippen LogP contribution in [-0.2, 0) is 4.79 Å². The molecule has 0 saturated carbocycles. The summed E-state index contributed by atoms with van der Waals surface area (Å²) in [4.78, 5) is 14.4. The van der Waals surface area contributed by atoms with Crippen LogP contribution >= 0.6 is 0 Å². The van der Waals surface area contributed by atoms with Crippen molar-refractivity contribution in [2.24, 2.45) is 0 Å². The Morgan fingerprint density at radius 1 is 1.85 bits per heavy atom. The Morgan fingerprint density at radius 3 is 2.92 bits per heavy atom. The predicted molar refractivity (Wildman–Crippen MR) is 46.0 cm³/mol. The van der Waals surface area contributed by atoms with Gasteiger partial charge in [-0.15, -0.1) is 5.10 Å². The SMILES string of the molecule is CCCC(C(=O)O)n1cnc(N)n1. The minimum absolute atomic E-state index is 0.0994. The van der Waals surface area contributed by atoms with Crippen LogP contribution in [0.3, 0.4) is 0 Å². The summed E-state index contributed by atoms with van der Waals surface area (Å²) in [5, 5.41) is 12.6. The number of hydrogen-bond donors (Lipinski definition) is 2. The fourth-order valence-electron chi connectivity index (χ4n) is 1.08. The minimum atomic E-state index is -0.910. The van der Waals surface area contributed by atoms with Crippen LogP contribution in [0.25, 0.3) is 0 Å². The van der Waals surface area contributed by atoms with Crippen molar-refractivity contribution in [3.63, 3.8) is 0 Å². The van der Waals surface area contributed by atoms with Gasteiger partial charge < -0.3 is 10.8 Å². The predicted octanol–water partition coefficient (Wildman–Crippen LogP) is 0.286. The van der Waals surface area contributed by atoms with E-state index in [-0.39, 0.29) is 5.95 Å². The summed E-state index contributed by atoms with van der Waals surface area (Å²) in [5.41, 5.74) is 5.28. The molecule has 0 aliphatic heterocycles. The van der Waals surface area contributed by atoms with Crippen LogP contribution in [0.5, 0.6) is 0 Å². The van der Waals surface area contributed by atoms with Crippen molar-refractivity contribution >= 4 is 11.9 Å². The van der Waals surface area contributed by atoms with E-state index in [2.05, 4.69) is 10.1 Å². The molecular weight excluding hydrogens is 172 g/mol. The third kappa shape index (κ3) is 2.17. The van der Waals surface area contributed by atoms with Crippen LogP contribution in [0.15, 0.2) is 6.33 Å². The topological polar surface area (TPSA) is 94.0 Å². The molecule has 0 saturated heterocycles. The van der Waals surface area contributed by atoms with E-state index in [1.54, 1.807) is 0 Å². The van der Waals surface area contributed by atoms with Gasteiger partial charge in [0.1, 0.15) is 6.33 Å². The number of aliphatic carboxylic acids is 1. The first kappa shape index (κ1) is 9.50. The lowest BCUT2D eigenvalue weighted by Crippen LogP contribution is -2.19. The molecule has 1 aromatic heterocycles. The van der Waals surface area contributed by atoms with Crippen LogP contribution < -0.4 is 5.73 Å². The first-order chi connectivity index (χ1) is 6.15. The highest BCUT2D eigenvalue weighted by Crippen LogP contribution is 2.12. The normalized spacial score (nSPS) is 12.7. The van der Waals surface area contributed by atoms with Gasteiger partial charge in [-0.05, 0) is 6.42 Å². The van der Waals surface area contributed by atoms with Crippen molar-refractivity contribution in [1.29, 1.82) is 0 Å². The second-order valence-corrected chi connectivity index (χ2v) is 2.73. The highest BCUT2D eigenvalue weighted by atomic mass is 16.4. The van der Waals surface area contributed by atoms with Gasteiger partial charge in [0.2, 0.25) is 5.95 Å². The van der Waals surface area contributed by atoms with Crippen molar-refractivity contribution in [2.45, 2.75) is 25.8 Å². The van der Waals surface area contributed by atoms with Gasteiger partial charge in [0.15, 0.2) is 6.04 Å². The second-order valence-electron chi connectivity index (χ2n) is 2.73. The quantitative estimate of drug-likeness (QED) is 0.701. The molecule has 6 heteroatoms. The number of carboxylic acid groups (broad SMARTS) is 1. The third-order valence-electron chi connectivity index (χ3n) is 1.69. The average Bonchev–Trinajstić information content (AvgIpc) is 2.46. The largest absolute Gasteiger partial charge is 0.480 e.